The number of unbranched alkanes of at least 4 members (excludes halogenated alkanes) is 1. The van der Waals surface area contributed by atoms with Crippen LogP contribution in [0.15, 0.2) is 30.3 Å². The molecule has 0 aliphatic carbocycles. The molecule has 1 heterocycles. The van der Waals surface area contributed by atoms with Crippen molar-refractivity contribution in [2.45, 2.75) is 12.8 Å². The van der Waals surface area contributed by atoms with Crippen molar-refractivity contribution in [2.75, 3.05) is 38.1 Å². The van der Waals surface area contributed by atoms with E-state index in [9.17, 15) is 4.79 Å². The summed E-state index contributed by atoms with van der Waals surface area (Å²) in [6, 6.07) is 10.4. The van der Waals surface area contributed by atoms with Crippen LogP contribution in [0.4, 0.5) is 5.69 Å². The van der Waals surface area contributed by atoms with Gasteiger partial charge in [-0.25, -0.2) is 0 Å². The standard InChI is InChI=1S/C15H23N3O/c1-18(14-7-3-2-4-8-14)10-6-5-9-17-15(19)13-11-16-12-13/h2-4,7-8,13,16H,5-6,9-12H2,1H3,(H,17,19). The number of nitrogens with zero attached hydrogens (tertiary/aromatic N) is 1. The first-order valence-corrected chi connectivity index (χ1v) is 7.02. The van der Waals surface area contributed by atoms with Gasteiger partial charge in [0.15, 0.2) is 0 Å². The number of carbonyl (C=O) groups excluding carboxylic acids is 1. The molecule has 1 saturated heterocycles. The Morgan fingerprint density at radius 2 is 2.05 bits per heavy atom. The lowest BCUT2D eigenvalue weighted by molar-refractivity contribution is -0.126. The van der Waals surface area contributed by atoms with Gasteiger partial charge in [-0.15, -0.1) is 0 Å². The van der Waals surface area contributed by atoms with Gasteiger partial charge in [-0.05, 0) is 25.0 Å². The molecule has 0 aromatic heterocycles. The third-order valence-corrected chi connectivity index (χ3v) is 3.57. The molecule has 0 bridgehead atoms. The first kappa shape index (κ1) is 13.9. The predicted octanol–water partition coefficient (Wildman–Crippen LogP) is 1.24. The fourth-order valence-corrected chi connectivity index (χ4v) is 2.12. The number of benzene rings is 1. The van der Waals surface area contributed by atoms with E-state index in [1.165, 1.54) is 5.69 Å². The Kier molecular flexibility index (Phi) is 5.21. The average Bonchev–Trinajstić information content (AvgIpc) is 2.37. The minimum Gasteiger partial charge on any atom is -0.375 e. The number of hydrogen-bond donors (Lipinski definition) is 2. The lowest BCUT2D eigenvalue weighted by Gasteiger charge is -2.25. The Labute approximate surface area is 115 Å². The molecule has 1 fully saturated rings. The second-order valence-electron chi connectivity index (χ2n) is 5.11. The molecular weight excluding hydrogens is 238 g/mol. The highest BCUT2D eigenvalue weighted by Gasteiger charge is 2.23. The molecule has 0 radical (unpaired) electrons. The fourth-order valence-electron chi connectivity index (χ4n) is 2.12. The second-order valence-corrected chi connectivity index (χ2v) is 5.11. The number of amides is 1. The van der Waals surface area contributed by atoms with Crippen molar-refractivity contribution in [3.05, 3.63) is 30.3 Å². The van der Waals surface area contributed by atoms with Gasteiger partial charge in [0.25, 0.3) is 0 Å². The van der Waals surface area contributed by atoms with E-state index >= 15 is 0 Å². The molecule has 4 nitrogen and oxygen atoms in total. The Morgan fingerprint density at radius 3 is 2.68 bits per heavy atom. The molecule has 1 amide bonds. The third-order valence-electron chi connectivity index (χ3n) is 3.57. The molecule has 1 aliphatic heterocycles. The second kappa shape index (κ2) is 7.14. The Bertz CT molecular complexity index is 390. The van der Waals surface area contributed by atoms with Crippen molar-refractivity contribution in [3.63, 3.8) is 0 Å². The fraction of sp³-hybridized carbons (Fsp3) is 0.533. The summed E-state index contributed by atoms with van der Waals surface area (Å²) in [5.74, 6) is 0.405. The highest BCUT2D eigenvalue weighted by atomic mass is 16.2. The maximum atomic E-state index is 11.6. The molecule has 0 spiro atoms. The minimum atomic E-state index is 0.201. The van der Waals surface area contributed by atoms with Crippen molar-refractivity contribution >= 4 is 11.6 Å². The molecule has 0 unspecified atom stereocenters. The van der Waals surface area contributed by atoms with Gasteiger partial charge in [-0.2, -0.15) is 0 Å². The van der Waals surface area contributed by atoms with Crippen LogP contribution in [0.2, 0.25) is 0 Å². The maximum absolute atomic E-state index is 11.6. The van der Waals surface area contributed by atoms with E-state index in [0.717, 1.165) is 39.0 Å². The highest BCUT2D eigenvalue weighted by Crippen LogP contribution is 2.11. The minimum absolute atomic E-state index is 0.201. The van der Waals surface area contributed by atoms with Crippen molar-refractivity contribution in [1.29, 1.82) is 0 Å². The lowest BCUT2D eigenvalue weighted by atomic mass is 10.0. The number of nitrogens with one attached hydrogen (secondary N) is 2. The van der Waals surface area contributed by atoms with E-state index in [2.05, 4.69) is 46.8 Å². The van der Waals surface area contributed by atoms with Crippen LogP contribution in [0.1, 0.15) is 12.8 Å². The molecule has 2 N–H and O–H groups in total. The normalized spacial score (nSPS) is 14.8. The van der Waals surface area contributed by atoms with Crippen molar-refractivity contribution < 1.29 is 4.79 Å². The van der Waals surface area contributed by atoms with E-state index in [-0.39, 0.29) is 11.8 Å². The average molecular weight is 261 g/mol. The van der Waals surface area contributed by atoms with Crippen molar-refractivity contribution in [3.8, 4) is 0 Å². The topological polar surface area (TPSA) is 44.4 Å². The van der Waals surface area contributed by atoms with E-state index < -0.39 is 0 Å². The number of hydrogen-bond acceptors (Lipinski definition) is 3. The number of rotatable bonds is 7. The van der Waals surface area contributed by atoms with Gasteiger partial charge in [-0.3, -0.25) is 4.79 Å². The summed E-state index contributed by atoms with van der Waals surface area (Å²) < 4.78 is 0. The maximum Gasteiger partial charge on any atom is 0.225 e. The number of para-hydroxylation sites is 1. The molecule has 1 aromatic rings. The number of carbonyl (C=O) groups is 1. The van der Waals surface area contributed by atoms with Gasteiger partial charge in [0.1, 0.15) is 0 Å². The first-order valence-electron chi connectivity index (χ1n) is 7.02. The largest absolute Gasteiger partial charge is 0.375 e. The van der Waals surface area contributed by atoms with Gasteiger partial charge in [0, 0.05) is 38.9 Å². The van der Waals surface area contributed by atoms with Crippen LogP contribution in [0.5, 0.6) is 0 Å². The van der Waals surface area contributed by atoms with E-state index in [4.69, 9.17) is 0 Å². The third kappa shape index (κ3) is 4.24. The quantitative estimate of drug-likeness (QED) is 0.726. The van der Waals surface area contributed by atoms with Gasteiger partial charge in [0.05, 0.1) is 5.92 Å². The van der Waals surface area contributed by atoms with E-state index in [1.54, 1.807) is 0 Å². The summed E-state index contributed by atoms with van der Waals surface area (Å²) in [6.07, 6.45) is 2.12. The highest BCUT2D eigenvalue weighted by molar-refractivity contribution is 5.79. The zero-order chi connectivity index (χ0) is 13.5. The summed E-state index contributed by atoms with van der Waals surface area (Å²) >= 11 is 0. The van der Waals surface area contributed by atoms with Crippen LogP contribution in [0.3, 0.4) is 0 Å². The SMILES string of the molecule is CN(CCCCNC(=O)C1CNC1)c1ccccc1. The molecule has 2 rings (SSSR count). The molecule has 104 valence electrons. The van der Waals surface area contributed by atoms with Crippen LogP contribution < -0.4 is 15.5 Å². The molecule has 19 heavy (non-hydrogen) atoms. The monoisotopic (exact) mass is 261 g/mol. The molecule has 0 atom stereocenters. The number of anilines is 1. The summed E-state index contributed by atoms with van der Waals surface area (Å²) in [4.78, 5) is 13.8. The lowest BCUT2D eigenvalue weighted by Crippen LogP contribution is -2.50. The van der Waals surface area contributed by atoms with Crippen LogP contribution in [-0.4, -0.2) is 39.1 Å². The van der Waals surface area contributed by atoms with E-state index in [0.29, 0.717) is 0 Å². The van der Waals surface area contributed by atoms with Crippen LogP contribution >= 0.6 is 0 Å². The molecule has 0 saturated carbocycles. The van der Waals surface area contributed by atoms with Crippen molar-refractivity contribution in [2.24, 2.45) is 5.92 Å². The summed E-state index contributed by atoms with van der Waals surface area (Å²) in [7, 11) is 2.11. The Morgan fingerprint density at radius 1 is 1.32 bits per heavy atom. The summed E-state index contributed by atoms with van der Waals surface area (Å²) in [5.41, 5.74) is 1.24. The van der Waals surface area contributed by atoms with Gasteiger partial charge in [0.2, 0.25) is 5.91 Å². The van der Waals surface area contributed by atoms with Gasteiger partial charge in [-0.1, -0.05) is 18.2 Å². The summed E-state index contributed by atoms with van der Waals surface area (Å²) in [5, 5.41) is 6.11. The summed E-state index contributed by atoms with van der Waals surface area (Å²) in [6.45, 7) is 3.48. The molecule has 1 aliphatic rings. The van der Waals surface area contributed by atoms with Crippen LogP contribution in [0.25, 0.3) is 0 Å². The van der Waals surface area contributed by atoms with Gasteiger partial charge < -0.3 is 15.5 Å². The predicted molar refractivity (Wildman–Crippen MR) is 78.3 cm³/mol. The van der Waals surface area contributed by atoms with Crippen molar-refractivity contribution in [1.82, 2.24) is 10.6 Å². The molecule has 4 heteroatoms. The smallest absolute Gasteiger partial charge is 0.225 e. The van der Waals surface area contributed by atoms with Gasteiger partial charge >= 0.3 is 0 Å². The zero-order valence-electron chi connectivity index (χ0n) is 11.6. The Balaban J connectivity index is 1.55. The molecule has 1 aromatic carbocycles. The van der Waals surface area contributed by atoms with Crippen LogP contribution in [-0.2, 0) is 4.79 Å². The zero-order valence-corrected chi connectivity index (χ0v) is 11.6. The van der Waals surface area contributed by atoms with Crippen LogP contribution in [0, 0.1) is 5.92 Å². The Hall–Kier alpha value is -1.55. The molecular formula is C15H23N3O. The first-order chi connectivity index (χ1) is 9.27. The van der Waals surface area contributed by atoms with E-state index in [1.807, 2.05) is 6.07 Å².